The van der Waals surface area contributed by atoms with Crippen LogP contribution in [0.15, 0.2) is 0 Å². The number of hydrogen-bond acceptors (Lipinski definition) is 4. The number of alkyl halides is 6. The monoisotopic (exact) mass is 448 g/mol. The summed E-state index contributed by atoms with van der Waals surface area (Å²) in [6.45, 7) is 4.11. The van der Waals surface area contributed by atoms with E-state index in [1.54, 1.807) is 0 Å². The van der Waals surface area contributed by atoms with Crippen molar-refractivity contribution in [1.82, 2.24) is 20.4 Å². The molecule has 0 radical (unpaired) electrons. The lowest BCUT2D eigenvalue weighted by atomic mass is 9.98. The van der Waals surface area contributed by atoms with Gasteiger partial charge in [-0.1, -0.05) is 13.8 Å². The molecule has 1 rings (SSSR count). The van der Waals surface area contributed by atoms with Crippen LogP contribution in [-0.2, 0) is 9.59 Å². The standard InChI is InChI=1S/C18H30F6N4O2/c1-5-15(3,17(19,20)21)25-11-13(29)27-7-9-28(10-8-27)14(30)12-26-16(4,6-2)18(22,23)24/h25-26H,5-12H2,1-4H3. The lowest BCUT2D eigenvalue weighted by Gasteiger charge is -2.37. The van der Waals surface area contributed by atoms with Crippen LogP contribution in [0.3, 0.4) is 0 Å². The van der Waals surface area contributed by atoms with Gasteiger partial charge in [0, 0.05) is 26.2 Å². The van der Waals surface area contributed by atoms with Gasteiger partial charge in [0.25, 0.3) is 0 Å². The number of rotatable bonds is 8. The fraction of sp³-hybridized carbons (Fsp3) is 0.889. The predicted molar refractivity (Wildman–Crippen MR) is 98.7 cm³/mol. The largest absolute Gasteiger partial charge is 0.406 e. The molecule has 6 nitrogen and oxygen atoms in total. The molecule has 2 unspecified atom stereocenters. The number of halogens is 6. The molecule has 0 aliphatic carbocycles. The second-order valence-electron chi connectivity index (χ2n) is 7.84. The van der Waals surface area contributed by atoms with E-state index in [9.17, 15) is 35.9 Å². The third kappa shape index (κ3) is 6.22. The van der Waals surface area contributed by atoms with Crippen LogP contribution < -0.4 is 10.6 Å². The summed E-state index contributed by atoms with van der Waals surface area (Å²) in [5, 5.41) is 4.52. The van der Waals surface area contributed by atoms with Gasteiger partial charge in [-0.3, -0.25) is 20.2 Å². The minimum absolute atomic E-state index is 0.103. The van der Waals surface area contributed by atoms with Crippen LogP contribution >= 0.6 is 0 Å². The molecular weight excluding hydrogens is 418 g/mol. The van der Waals surface area contributed by atoms with Gasteiger partial charge in [0.1, 0.15) is 11.1 Å². The Balaban J connectivity index is 2.53. The highest BCUT2D eigenvalue weighted by Gasteiger charge is 2.50. The third-order valence-electron chi connectivity index (χ3n) is 5.91. The molecule has 2 N–H and O–H groups in total. The molecule has 0 aromatic heterocycles. The fourth-order valence-electron chi connectivity index (χ4n) is 2.82. The molecule has 2 atom stereocenters. The first-order valence-corrected chi connectivity index (χ1v) is 9.79. The summed E-state index contributed by atoms with van der Waals surface area (Å²) in [5.41, 5.74) is -4.37. The quantitative estimate of drug-likeness (QED) is 0.560. The van der Waals surface area contributed by atoms with Crippen molar-refractivity contribution in [2.45, 2.75) is 64.0 Å². The van der Waals surface area contributed by atoms with Crippen LogP contribution in [-0.4, -0.2) is 84.3 Å². The SMILES string of the molecule is CCC(C)(NCC(=O)N1CCN(C(=O)CNC(C)(CC)C(F)(F)F)CC1)C(F)(F)F. The van der Waals surface area contributed by atoms with Crippen molar-refractivity contribution in [3.63, 3.8) is 0 Å². The number of carbonyl (C=O) groups is 2. The Labute approximate surface area is 172 Å². The molecule has 2 amide bonds. The van der Waals surface area contributed by atoms with Gasteiger partial charge in [0.15, 0.2) is 0 Å². The van der Waals surface area contributed by atoms with Crippen molar-refractivity contribution < 1.29 is 35.9 Å². The van der Waals surface area contributed by atoms with Gasteiger partial charge in [-0.05, 0) is 26.7 Å². The van der Waals surface area contributed by atoms with Gasteiger partial charge in [-0.15, -0.1) is 0 Å². The van der Waals surface area contributed by atoms with Crippen molar-refractivity contribution in [1.29, 1.82) is 0 Å². The van der Waals surface area contributed by atoms with Gasteiger partial charge in [0.2, 0.25) is 11.8 Å². The summed E-state index contributed by atoms with van der Waals surface area (Å²) in [7, 11) is 0. The lowest BCUT2D eigenvalue weighted by Crippen LogP contribution is -2.59. The Morgan fingerprint density at radius 2 is 0.967 bits per heavy atom. The van der Waals surface area contributed by atoms with Crippen molar-refractivity contribution >= 4 is 11.8 Å². The van der Waals surface area contributed by atoms with Gasteiger partial charge in [-0.25, -0.2) is 0 Å². The Bertz CT molecular complexity index is 552. The van der Waals surface area contributed by atoms with E-state index >= 15 is 0 Å². The second-order valence-corrected chi connectivity index (χ2v) is 7.84. The van der Waals surface area contributed by atoms with E-state index in [2.05, 4.69) is 10.6 Å². The van der Waals surface area contributed by atoms with Crippen LogP contribution in [0.5, 0.6) is 0 Å². The maximum Gasteiger partial charge on any atom is 0.406 e. The van der Waals surface area contributed by atoms with Crippen LogP contribution in [0.2, 0.25) is 0 Å². The fourth-order valence-corrected chi connectivity index (χ4v) is 2.82. The topological polar surface area (TPSA) is 64.7 Å². The van der Waals surface area contributed by atoms with Crippen LogP contribution in [0.4, 0.5) is 26.3 Å². The Hall–Kier alpha value is -1.56. The second kappa shape index (κ2) is 9.71. The molecular formula is C18H30F6N4O2. The molecule has 0 spiro atoms. The van der Waals surface area contributed by atoms with Gasteiger partial charge in [-0.2, -0.15) is 26.3 Å². The molecule has 1 aliphatic rings. The first kappa shape index (κ1) is 26.5. The predicted octanol–water partition coefficient (Wildman–Crippen LogP) is 2.30. The third-order valence-corrected chi connectivity index (χ3v) is 5.91. The zero-order valence-corrected chi connectivity index (χ0v) is 17.6. The van der Waals surface area contributed by atoms with Crippen LogP contribution in [0, 0.1) is 0 Å². The first-order valence-electron chi connectivity index (χ1n) is 9.79. The van der Waals surface area contributed by atoms with Crippen molar-refractivity contribution in [3.05, 3.63) is 0 Å². The molecule has 30 heavy (non-hydrogen) atoms. The lowest BCUT2D eigenvalue weighted by molar-refractivity contribution is -0.193. The highest BCUT2D eigenvalue weighted by molar-refractivity contribution is 5.80. The van der Waals surface area contributed by atoms with Gasteiger partial charge >= 0.3 is 12.4 Å². The van der Waals surface area contributed by atoms with E-state index < -0.39 is 48.3 Å². The number of hydrogen-bond donors (Lipinski definition) is 2. The molecule has 0 aromatic rings. The molecule has 1 fully saturated rings. The van der Waals surface area contributed by atoms with E-state index in [0.717, 1.165) is 13.8 Å². The number of piperazine rings is 1. The van der Waals surface area contributed by atoms with Crippen LogP contribution in [0.1, 0.15) is 40.5 Å². The van der Waals surface area contributed by atoms with Crippen molar-refractivity contribution in [3.8, 4) is 0 Å². The van der Waals surface area contributed by atoms with Crippen LogP contribution in [0.25, 0.3) is 0 Å². The first-order chi connectivity index (χ1) is 13.6. The zero-order valence-electron chi connectivity index (χ0n) is 17.6. The van der Waals surface area contributed by atoms with Gasteiger partial charge in [0.05, 0.1) is 13.1 Å². The average Bonchev–Trinajstić information content (AvgIpc) is 2.67. The minimum Gasteiger partial charge on any atom is -0.338 e. The summed E-state index contributed by atoms with van der Waals surface area (Å²) in [4.78, 5) is 27.1. The maximum absolute atomic E-state index is 13.1. The van der Waals surface area contributed by atoms with E-state index in [0.29, 0.717) is 0 Å². The van der Waals surface area contributed by atoms with Crippen molar-refractivity contribution in [2.24, 2.45) is 0 Å². The zero-order chi connectivity index (χ0) is 23.4. The van der Waals surface area contributed by atoms with E-state index in [1.165, 1.54) is 23.6 Å². The normalized spacial score (nSPS) is 19.9. The highest BCUT2D eigenvalue weighted by atomic mass is 19.4. The molecule has 176 valence electrons. The summed E-state index contributed by atoms with van der Waals surface area (Å²) >= 11 is 0. The Morgan fingerprint density at radius 1 is 0.700 bits per heavy atom. The van der Waals surface area contributed by atoms with E-state index in [4.69, 9.17) is 0 Å². The number of amides is 2. The average molecular weight is 448 g/mol. The summed E-state index contributed by atoms with van der Waals surface area (Å²) in [6, 6.07) is 0. The number of carbonyl (C=O) groups excluding carboxylic acids is 2. The highest BCUT2D eigenvalue weighted by Crippen LogP contribution is 2.33. The number of nitrogens with zero attached hydrogens (tertiary/aromatic N) is 2. The maximum atomic E-state index is 13.1. The molecule has 0 saturated carbocycles. The summed E-state index contributed by atoms with van der Waals surface area (Å²) < 4.78 is 78.5. The van der Waals surface area contributed by atoms with Crippen molar-refractivity contribution in [2.75, 3.05) is 39.3 Å². The molecule has 0 aromatic carbocycles. The molecule has 1 aliphatic heterocycles. The molecule has 0 bridgehead atoms. The smallest absolute Gasteiger partial charge is 0.338 e. The summed E-state index contributed by atoms with van der Waals surface area (Å²) in [5.74, 6) is -1.06. The number of nitrogens with one attached hydrogen (secondary N) is 2. The molecule has 12 heteroatoms. The Morgan fingerprint density at radius 3 is 1.17 bits per heavy atom. The molecule has 1 heterocycles. The van der Waals surface area contributed by atoms with E-state index in [-0.39, 0.29) is 39.0 Å². The van der Waals surface area contributed by atoms with E-state index in [1.807, 2.05) is 0 Å². The van der Waals surface area contributed by atoms with Gasteiger partial charge < -0.3 is 9.80 Å². The summed E-state index contributed by atoms with van der Waals surface area (Å²) in [6.07, 6.45) is -9.51. The Kier molecular flexibility index (Phi) is 8.57. The minimum atomic E-state index is -4.51. The molecule has 1 saturated heterocycles.